The average Bonchev–Trinajstić information content (AvgIpc) is 2.26. The molecule has 0 radical (unpaired) electrons. The molecular formula is C15H25NO2. The summed E-state index contributed by atoms with van der Waals surface area (Å²) in [5, 5.41) is 12.5. The summed E-state index contributed by atoms with van der Waals surface area (Å²) in [7, 11) is 1.81. The van der Waals surface area contributed by atoms with Crippen molar-refractivity contribution in [3.63, 3.8) is 0 Å². The third-order valence-electron chi connectivity index (χ3n) is 2.91. The number of aryl methyl sites for hydroxylation is 1. The Bertz CT molecular complexity index is 383. The maximum atomic E-state index is 9.60. The first-order valence-corrected chi connectivity index (χ1v) is 6.41. The van der Waals surface area contributed by atoms with Gasteiger partial charge >= 0.3 is 0 Å². The van der Waals surface area contributed by atoms with Gasteiger partial charge in [0.05, 0.1) is 0 Å². The van der Waals surface area contributed by atoms with E-state index in [1.807, 2.05) is 20.0 Å². The van der Waals surface area contributed by atoms with Crippen LogP contribution in [0.2, 0.25) is 0 Å². The van der Waals surface area contributed by atoms with Crippen LogP contribution in [0.15, 0.2) is 18.2 Å². The van der Waals surface area contributed by atoms with Crippen LogP contribution in [0.4, 0.5) is 0 Å². The Morgan fingerprint density at radius 1 is 1.33 bits per heavy atom. The number of hydrogen-bond acceptors (Lipinski definition) is 3. The fourth-order valence-corrected chi connectivity index (χ4v) is 1.76. The first kappa shape index (κ1) is 15.0. The second-order valence-corrected chi connectivity index (χ2v) is 5.75. The summed E-state index contributed by atoms with van der Waals surface area (Å²) in [6.45, 7) is 9.47. The average molecular weight is 251 g/mol. The maximum Gasteiger partial charge on any atom is 0.122 e. The van der Waals surface area contributed by atoms with Gasteiger partial charge in [0.15, 0.2) is 0 Å². The summed E-state index contributed by atoms with van der Waals surface area (Å²) in [6.07, 6.45) is -0.475. The minimum absolute atomic E-state index is 0.148. The molecule has 2 N–H and O–H groups in total. The lowest BCUT2D eigenvalue weighted by Gasteiger charge is -2.21. The SMILES string of the molecule is CNCC(O)COc1ccc(C(C)(C)C)cc1C. The minimum atomic E-state index is -0.475. The Labute approximate surface area is 110 Å². The van der Waals surface area contributed by atoms with Gasteiger partial charge in [0.1, 0.15) is 18.5 Å². The van der Waals surface area contributed by atoms with Gasteiger partial charge < -0.3 is 15.2 Å². The van der Waals surface area contributed by atoms with Gasteiger partial charge in [-0.15, -0.1) is 0 Å². The molecule has 0 saturated carbocycles. The van der Waals surface area contributed by atoms with E-state index >= 15 is 0 Å². The molecule has 1 atom stereocenters. The number of hydrogen-bond donors (Lipinski definition) is 2. The smallest absolute Gasteiger partial charge is 0.122 e. The molecule has 0 heterocycles. The zero-order valence-electron chi connectivity index (χ0n) is 12.1. The van der Waals surface area contributed by atoms with E-state index in [2.05, 4.69) is 38.2 Å². The van der Waals surface area contributed by atoms with Gasteiger partial charge in [0.2, 0.25) is 0 Å². The van der Waals surface area contributed by atoms with Gasteiger partial charge in [0.25, 0.3) is 0 Å². The quantitative estimate of drug-likeness (QED) is 0.843. The number of benzene rings is 1. The fourth-order valence-electron chi connectivity index (χ4n) is 1.76. The second kappa shape index (κ2) is 6.21. The third kappa shape index (κ3) is 4.31. The number of nitrogens with one attached hydrogen (secondary N) is 1. The molecule has 0 amide bonds. The minimum Gasteiger partial charge on any atom is -0.491 e. The molecule has 0 aromatic heterocycles. The zero-order valence-corrected chi connectivity index (χ0v) is 12.1. The zero-order chi connectivity index (χ0) is 13.8. The molecule has 1 aromatic rings. The lowest BCUT2D eigenvalue weighted by atomic mass is 9.86. The van der Waals surface area contributed by atoms with Gasteiger partial charge in [-0.2, -0.15) is 0 Å². The Hall–Kier alpha value is -1.06. The Morgan fingerprint density at radius 2 is 2.00 bits per heavy atom. The lowest BCUT2D eigenvalue weighted by Crippen LogP contribution is -2.29. The standard InChI is InChI=1S/C15H25NO2/c1-11-8-12(15(2,3)4)6-7-14(11)18-10-13(17)9-16-5/h6-8,13,16-17H,9-10H2,1-5H3. The third-order valence-corrected chi connectivity index (χ3v) is 2.91. The highest BCUT2D eigenvalue weighted by Crippen LogP contribution is 2.27. The number of ether oxygens (including phenoxy) is 1. The van der Waals surface area contributed by atoms with Crippen LogP contribution < -0.4 is 10.1 Å². The molecule has 0 fully saturated rings. The summed E-state index contributed by atoms with van der Waals surface area (Å²) in [5.74, 6) is 0.846. The van der Waals surface area contributed by atoms with Gasteiger partial charge in [-0.1, -0.05) is 32.9 Å². The summed E-state index contributed by atoms with van der Waals surface area (Å²) in [4.78, 5) is 0. The molecule has 3 heteroatoms. The Kier molecular flexibility index (Phi) is 5.17. The van der Waals surface area contributed by atoms with Crippen molar-refractivity contribution in [2.45, 2.75) is 39.2 Å². The lowest BCUT2D eigenvalue weighted by molar-refractivity contribution is 0.108. The summed E-state index contributed by atoms with van der Waals surface area (Å²) < 4.78 is 5.63. The molecule has 0 spiro atoms. The topological polar surface area (TPSA) is 41.5 Å². The number of aliphatic hydroxyl groups excluding tert-OH is 1. The van der Waals surface area contributed by atoms with Crippen molar-refractivity contribution in [1.29, 1.82) is 0 Å². The van der Waals surface area contributed by atoms with Crippen LogP contribution in [0.25, 0.3) is 0 Å². The highest BCUT2D eigenvalue weighted by atomic mass is 16.5. The van der Waals surface area contributed by atoms with Crippen molar-refractivity contribution in [2.24, 2.45) is 0 Å². The predicted molar refractivity (Wildman–Crippen MR) is 75.3 cm³/mol. The second-order valence-electron chi connectivity index (χ2n) is 5.75. The van der Waals surface area contributed by atoms with Crippen molar-refractivity contribution in [3.8, 4) is 5.75 Å². The molecule has 0 saturated heterocycles. The van der Waals surface area contributed by atoms with Crippen LogP contribution >= 0.6 is 0 Å². The van der Waals surface area contributed by atoms with E-state index in [4.69, 9.17) is 4.74 Å². The molecular weight excluding hydrogens is 226 g/mol. The molecule has 102 valence electrons. The summed E-state index contributed by atoms with van der Waals surface area (Å²) in [6, 6.07) is 6.23. The predicted octanol–water partition coefficient (Wildman–Crippen LogP) is 2.25. The van der Waals surface area contributed by atoms with E-state index in [1.54, 1.807) is 0 Å². The van der Waals surface area contributed by atoms with Crippen molar-refractivity contribution >= 4 is 0 Å². The highest BCUT2D eigenvalue weighted by molar-refractivity contribution is 5.38. The van der Waals surface area contributed by atoms with Crippen molar-refractivity contribution in [1.82, 2.24) is 5.32 Å². The Morgan fingerprint density at radius 3 is 2.50 bits per heavy atom. The molecule has 1 rings (SSSR count). The van der Waals surface area contributed by atoms with Gasteiger partial charge in [-0.25, -0.2) is 0 Å². The molecule has 0 aliphatic heterocycles. The van der Waals surface area contributed by atoms with Crippen LogP contribution in [0.5, 0.6) is 5.75 Å². The van der Waals surface area contributed by atoms with Gasteiger partial charge in [-0.05, 0) is 36.6 Å². The van der Waals surface area contributed by atoms with E-state index in [1.165, 1.54) is 5.56 Å². The van der Waals surface area contributed by atoms with Crippen LogP contribution in [-0.4, -0.2) is 31.4 Å². The number of rotatable bonds is 5. The van der Waals surface area contributed by atoms with Crippen LogP contribution in [0.1, 0.15) is 31.9 Å². The van der Waals surface area contributed by atoms with E-state index in [0.717, 1.165) is 11.3 Å². The molecule has 3 nitrogen and oxygen atoms in total. The van der Waals surface area contributed by atoms with Crippen LogP contribution in [-0.2, 0) is 5.41 Å². The van der Waals surface area contributed by atoms with E-state index < -0.39 is 6.10 Å². The van der Waals surface area contributed by atoms with Crippen molar-refractivity contribution in [2.75, 3.05) is 20.2 Å². The molecule has 0 aliphatic carbocycles. The Balaban J connectivity index is 2.69. The largest absolute Gasteiger partial charge is 0.491 e. The summed E-state index contributed by atoms with van der Waals surface area (Å²) >= 11 is 0. The molecule has 18 heavy (non-hydrogen) atoms. The monoisotopic (exact) mass is 251 g/mol. The first-order chi connectivity index (χ1) is 8.34. The molecule has 0 aliphatic rings. The van der Waals surface area contributed by atoms with Gasteiger partial charge in [0, 0.05) is 6.54 Å². The fraction of sp³-hybridized carbons (Fsp3) is 0.600. The first-order valence-electron chi connectivity index (χ1n) is 6.41. The normalized spacial score (nSPS) is 13.4. The molecule has 0 bridgehead atoms. The molecule has 1 aromatic carbocycles. The highest BCUT2D eigenvalue weighted by Gasteiger charge is 2.15. The van der Waals surface area contributed by atoms with E-state index in [9.17, 15) is 5.11 Å². The number of aliphatic hydroxyl groups is 1. The van der Waals surface area contributed by atoms with Crippen LogP contribution in [0, 0.1) is 6.92 Å². The number of likely N-dealkylation sites (N-methyl/N-ethyl adjacent to an activating group) is 1. The van der Waals surface area contributed by atoms with Crippen molar-refractivity contribution in [3.05, 3.63) is 29.3 Å². The van der Waals surface area contributed by atoms with Crippen LogP contribution in [0.3, 0.4) is 0 Å². The van der Waals surface area contributed by atoms with E-state index in [-0.39, 0.29) is 5.41 Å². The van der Waals surface area contributed by atoms with Crippen molar-refractivity contribution < 1.29 is 9.84 Å². The van der Waals surface area contributed by atoms with Gasteiger partial charge in [-0.3, -0.25) is 0 Å². The molecule has 1 unspecified atom stereocenters. The maximum absolute atomic E-state index is 9.60. The summed E-state index contributed by atoms with van der Waals surface area (Å²) in [5.41, 5.74) is 2.55. The van der Waals surface area contributed by atoms with E-state index in [0.29, 0.717) is 13.2 Å².